The monoisotopic (exact) mass is 432 g/mol. The molecule has 1 fully saturated rings. The van der Waals surface area contributed by atoms with Crippen LogP contribution in [0.5, 0.6) is 0 Å². The molecule has 0 saturated carbocycles. The zero-order chi connectivity index (χ0) is 22.1. The number of carbonyl (C=O) groups excluding carboxylic acids is 2. The molecule has 0 unspecified atom stereocenters. The third-order valence-corrected chi connectivity index (χ3v) is 5.25. The van der Waals surface area contributed by atoms with Gasteiger partial charge in [0.15, 0.2) is 5.82 Å². The molecule has 1 saturated heterocycles. The van der Waals surface area contributed by atoms with Crippen LogP contribution in [-0.4, -0.2) is 53.2 Å². The second-order valence-electron chi connectivity index (χ2n) is 7.39. The van der Waals surface area contributed by atoms with E-state index in [0.29, 0.717) is 65.8 Å². The zero-order valence-electron chi connectivity index (χ0n) is 17.3. The molecule has 9 nitrogen and oxygen atoms in total. The maximum atomic E-state index is 13.1. The first-order valence-electron chi connectivity index (χ1n) is 10.2. The van der Waals surface area contributed by atoms with Crippen LogP contribution in [0.3, 0.4) is 0 Å². The van der Waals surface area contributed by atoms with E-state index in [2.05, 4.69) is 15.5 Å². The number of morpholine rings is 1. The molecule has 0 atom stereocenters. The summed E-state index contributed by atoms with van der Waals surface area (Å²) in [5.41, 5.74) is 2.01. The normalized spacial score (nSPS) is 14.0. The van der Waals surface area contributed by atoms with Crippen molar-refractivity contribution in [1.82, 2.24) is 15.0 Å². The number of fused-ring (bicyclic) bond motifs is 1. The highest BCUT2D eigenvalue weighted by Crippen LogP contribution is 2.32. The number of benzene rings is 2. The summed E-state index contributed by atoms with van der Waals surface area (Å²) in [4.78, 5) is 32.0. The van der Waals surface area contributed by atoms with E-state index < -0.39 is 0 Å². The Kier molecular flexibility index (Phi) is 5.16. The second kappa shape index (κ2) is 8.27. The first kappa shape index (κ1) is 20.0. The molecule has 9 heteroatoms. The van der Waals surface area contributed by atoms with Crippen molar-refractivity contribution in [3.63, 3.8) is 0 Å². The SMILES string of the molecule is Cc1noc(-c2ccc(C(=O)Nc3c(C(=O)N4CCOCC4)oc4ccccc34)cc2)n1. The number of carbonyl (C=O) groups is 2. The van der Waals surface area contributed by atoms with Gasteiger partial charge < -0.3 is 23.9 Å². The molecule has 0 spiro atoms. The smallest absolute Gasteiger partial charge is 0.291 e. The molecule has 2 aromatic carbocycles. The minimum atomic E-state index is -0.360. The van der Waals surface area contributed by atoms with Crippen LogP contribution in [0.1, 0.15) is 26.7 Å². The van der Waals surface area contributed by atoms with E-state index in [1.807, 2.05) is 18.2 Å². The number of anilines is 1. The van der Waals surface area contributed by atoms with E-state index in [-0.39, 0.29) is 17.6 Å². The number of nitrogens with zero attached hydrogens (tertiary/aromatic N) is 3. The van der Waals surface area contributed by atoms with Crippen molar-refractivity contribution in [3.05, 3.63) is 65.7 Å². The van der Waals surface area contributed by atoms with Crippen LogP contribution < -0.4 is 5.32 Å². The highest BCUT2D eigenvalue weighted by molar-refractivity contribution is 6.14. The fourth-order valence-corrected chi connectivity index (χ4v) is 3.59. The lowest BCUT2D eigenvalue weighted by atomic mass is 10.1. The predicted octanol–water partition coefficient (Wildman–Crippen LogP) is 3.52. The Morgan fingerprint density at radius 3 is 2.50 bits per heavy atom. The summed E-state index contributed by atoms with van der Waals surface area (Å²) in [6.07, 6.45) is 0. The Morgan fingerprint density at radius 2 is 1.78 bits per heavy atom. The van der Waals surface area contributed by atoms with Crippen LogP contribution in [0.4, 0.5) is 5.69 Å². The van der Waals surface area contributed by atoms with Crippen molar-refractivity contribution in [2.75, 3.05) is 31.6 Å². The quantitative estimate of drug-likeness (QED) is 0.525. The summed E-state index contributed by atoms with van der Waals surface area (Å²) in [7, 11) is 0. The minimum absolute atomic E-state index is 0.111. The van der Waals surface area contributed by atoms with Crippen molar-refractivity contribution in [1.29, 1.82) is 0 Å². The average molecular weight is 432 g/mol. The molecule has 1 aliphatic heterocycles. The van der Waals surface area contributed by atoms with E-state index in [0.717, 1.165) is 0 Å². The Labute approximate surface area is 183 Å². The molecule has 3 heterocycles. The molecule has 0 bridgehead atoms. The largest absolute Gasteiger partial charge is 0.449 e. The van der Waals surface area contributed by atoms with E-state index in [1.54, 1.807) is 42.2 Å². The number of para-hydroxylation sites is 1. The van der Waals surface area contributed by atoms with Gasteiger partial charge in [-0.15, -0.1) is 0 Å². The van der Waals surface area contributed by atoms with Gasteiger partial charge in [0.2, 0.25) is 5.76 Å². The number of nitrogens with one attached hydrogen (secondary N) is 1. The van der Waals surface area contributed by atoms with Crippen LogP contribution in [0.25, 0.3) is 22.4 Å². The van der Waals surface area contributed by atoms with Gasteiger partial charge in [-0.25, -0.2) is 0 Å². The number of ether oxygens (including phenoxy) is 1. The fourth-order valence-electron chi connectivity index (χ4n) is 3.59. The topological polar surface area (TPSA) is 111 Å². The Balaban J connectivity index is 1.44. The first-order valence-corrected chi connectivity index (χ1v) is 10.2. The van der Waals surface area contributed by atoms with Gasteiger partial charge in [0, 0.05) is 29.6 Å². The van der Waals surface area contributed by atoms with Gasteiger partial charge in [-0.2, -0.15) is 4.98 Å². The number of furan rings is 1. The summed E-state index contributed by atoms with van der Waals surface area (Å²) in [6, 6.07) is 14.0. The van der Waals surface area contributed by atoms with E-state index in [1.165, 1.54) is 0 Å². The molecular weight excluding hydrogens is 412 g/mol. The summed E-state index contributed by atoms with van der Waals surface area (Å²) in [5.74, 6) is 0.391. The van der Waals surface area contributed by atoms with E-state index >= 15 is 0 Å². The molecule has 162 valence electrons. The number of aryl methyl sites for hydroxylation is 1. The fraction of sp³-hybridized carbons (Fsp3) is 0.217. The van der Waals surface area contributed by atoms with Gasteiger partial charge in [0.25, 0.3) is 17.7 Å². The second-order valence-corrected chi connectivity index (χ2v) is 7.39. The molecule has 2 aromatic heterocycles. The first-order chi connectivity index (χ1) is 15.6. The van der Waals surface area contributed by atoms with Crippen LogP contribution in [-0.2, 0) is 4.74 Å². The minimum Gasteiger partial charge on any atom is -0.449 e. The molecule has 1 N–H and O–H groups in total. The van der Waals surface area contributed by atoms with Crippen LogP contribution >= 0.6 is 0 Å². The predicted molar refractivity (Wildman–Crippen MR) is 115 cm³/mol. The Morgan fingerprint density at radius 1 is 1.03 bits per heavy atom. The van der Waals surface area contributed by atoms with Gasteiger partial charge >= 0.3 is 0 Å². The van der Waals surface area contributed by atoms with Crippen LogP contribution in [0.15, 0.2) is 57.5 Å². The Hall–Kier alpha value is -3.98. The third kappa shape index (κ3) is 3.74. The molecule has 5 rings (SSSR count). The maximum absolute atomic E-state index is 13.1. The molecule has 0 aliphatic carbocycles. The van der Waals surface area contributed by atoms with Crippen molar-refractivity contribution in [3.8, 4) is 11.5 Å². The summed E-state index contributed by atoms with van der Waals surface area (Å²) in [5, 5.41) is 7.31. The highest BCUT2D eigenvalue weighted by atomic mass is 16.5. The summed E-state index contributed by atoms with van der Waals surface area (Å²) in [6.45, 7) is 3.62. The number of hydrogen-bond donors (Lipinski definition) is 1. The standard InChI is InChI=1S/C23H20N4O5/c1-14-24-22(32-26-14)16-8-6-15(7-9-16)21(28)25-19-17-4-2-3-5-18(17)31-20(19)23(29)27-10-12-30-13-11-27/h2-9H,10-13H2,1H3,(H,25,28). The molecule has 32 heavy (non-hydrogen) atoms. The van der Waals surface area contributed by atoms with Crippen molar-refractivity contribution < 1.29 is 23.3 Å². The Bertz CT molecular complexity index is 1290. The van der Waals surface area contributed by atoms with Gasteiger partial charge in [0.1, 0.15) is 11.3 Å². The van der Waals surface area contributed by atoms with Gasteiger partial charge in [-0.05, 0) is 43.3 Å². The molecular formula is C23H20N4O5. The lowest BCUT2D eigenvalue weighted by molar-refractivity contribution is 0.0285. The molecule has 4 aromatic rings. The molecule has 1 aliphatic rings. The maximum Gasteiger partial charge on any atom is 0.291 e. The van der Waals surface area contributed by atoms with Gasteiger partial charge in [-0.3, -0.25) is 9.59 Å². The number of aromatic nitrogens is 2. The number of hydrogen-bond acceptors (Lipinski definition) is 7. The van der Waals surface area contributed by atoms with Gasteiger partial charge in [-0.1, -0.05) is 17.3 Å². The zero-order valence-corrected chi connectivity index (χ0v) is 17.3. The number of rotatable bonds is 4. The lowest BCUT2D eigenvalue weighted by Gasteiger charge is -2.26. The summed E-state index contributed by atoms with van der Waals surface area (Å²) >= 11 is 0. The van der Waals surface area contributed by atoms with Gasteiger partial charge in [0.05, 0.1) is 13.2 Å². The van der Waals surface area contributed by atoms with E-state index in [4.69, 9.17) is 13.7 Å². The van der Waals surface area contributed by atoms with Crippen molar-refractivity contribution in [2.45, 2.75) is 6.92 Å². The van der Waals surface area contributed by atoms with Crippen LogP contribution in [0, 0.1) is 6.92 Å². The van der Waals surface area contributed by atoms with Crippen molar-refractivity contribution >= 4 is 28.5 Å². The summed E-state index contributed by atoms with van der Waals surface area (Å²) < 4.78 is 16.3. The lowest BCUT2D eigenvalue weighted by Crippen LogP contribution is -2.40. The number of amides is 2. The average Bonchev–Trinajstić information content (AvgIpc) is 3.43. The highest BCUT2D eigenvalue weighted by Gasteiger charge is 2.27. The van der Waals surface area contributed by atoms with E-state index in [9.17, 15) is 9.59 Å². The van der Waals surface area contributed by atoms with Crippen LogP contribution in [0.2, 0.25) is 0 Å². The third-order valence-electron chi connectivity index (χ3n) is 5.25. The molecule has 0 radical (unpaired) electrons. The van der Waals surface area contributed by atoms with Crippen molar-refractivity contribution in [2.24, 2.45) is 0 Å². The molecule has 2 amide bonds.